The molecule has 0 fully saturated rings. The Morgan fingerprint density at radius 3 is 2.57 bits per heavy atom. The smallest absolute Gasteiger partial charge is 0.221 e. The Labute approximate surface area is 170 Å². The molecule has 0 spiro atoms. The van der Waals surface area contributed by atoms with E-state index >= 15 is 0 Å². The van der Waals surface area contributed by atoms with Gasteiger partial charge in [0, 0.05) is 30.0 Å². The summed E-state index contributed by atoms with van der Waals surface area (Å²) in [5.41, 5.74) is 3.57. The Kier molecular flexibility index (Phi) is 6.62. The molecule has 0 saturated heterocycles. The zero-order valence-electron chi connectivity index (χ0n) is 17.0. The minimum atomic E-state index is 0.0682. The summed E-state index contributed by atoms with van der Waals surface area (Å²) in [4.78, 5) is 23.1. The number of nitrogens with zero attached hydrogens (tertiary/aromatic N) is 2. The Balaban J connectivity index is 1.75. The van der Waals surface area contributed by atoms with Crippen molar-refractivity contribution in [1.82, 2.24) is 15.3 Å². The van der Waals surface area contributed by atoms with Gasteiger partial charge >= 0.3 is 0 Å². The summed E-state index contributed by atoms with van der Waals surface area (Å²) in [5, 5.41) is 7.36. The fourth-order valence-corrected chi connectivity index (χ4v) is 4.14. The predicted molar refractivity (Wildman–Crippen MR) is 118 cm³/mol. The number of rotatable bonds is 8. The van der Waals surface area contributed by atoms with Crippen molar-refractivity contribution in [2.45, 2.75) is 40.5 Å². The highest BCUT2D eigenvalue weighted by Crippen LogP contribution is 2.40. The number of amides is 1. The summed E-state index contributed by atoms with van der Waals surface area (Å²) in [7, 11) is 0. The van der Waals surface area contributed by atoms with Crippen molar-refractivity contribution < 1.29 is 4.79 Å². The molecule has 28 heavy (non-hydrogen) atoms. The van der Waals surface area contributed by atoms with E-state index in [1.54, 1.807) is 17.7 Å². The first-order valence-corrected chi connectivity index (χ1v) is 10.6. The normalized spacial score (nSPS) is 11.2. The zero-order valence-corrected chi connectivity index (χ0v) is 17.8. The molecule has 0 radical (unpaired) electrons. The Hall–Kier alpha value is -2.47. The minimum Gasteiger partial charge on any atom is -0.369 e. The van der Waals surface area contributed by atoms with Crippen LogP contribution in [0.2, 0.25) is 0 Å². The van der Waals surface area contributed by atoms with Crippen LogP contribution in [0.4, 0.5) is 5.82 Å². The summed E-state index contributed by atoms with van der Waals surface area (Å²) in [6, 6.07) is 8.53. The van der Waals surface area contributed by atoms with E-state index in [0.717, 1.165) is 29.0 Å². The molecule has 3 aromatic rings. The average molecular weight is 397 g/mol. The topological polar surface area (TPSA) is 66.9 Å². The van der Waals surface area contributed by atoms with E-state index in [2.05, 4.69) is 72.6 Å². The van der Waals surface area contributed by atoms with Gasteiger partial charge < -0.3 is 10.6 Å². The third-order valence-corrected chi connectivity index (χ3v) is 5.71. The lowest BCUT2D eigenvalue weighted by molar-refractivity contribution is -0.120. The molecule has 2 aromatic heterocycles. The van der Waals surface area contributed by atoms with Gasteiger partial charge in [-0.3, -0.25) is 4.79 Å². The van der Waals surface area contributed by atoms with Crippen LogP contribution >= 0.6 is 11.3 Å². The van der Waals surface area contributed by atoms with Crippen LogP contribution in [-0.2, 0) is 4.79 Å². The molecule has 0 saturated carbocycles. The Morgan fingerprint density at radius 1 is 1.11 bits per heavy atom. The van der Waals surface area contributed by atoms with Gasteiger partial charge in [0.2, 0.25) is 5.91 Å². The number of aromatic nitrogens is 2. The second kappa shape index (κ2) is 9.15. The fourth-order valence-electron chi connectivity index (χ4n) is 3.13. The maximum atomic E-state index is 12.0. The van der Waals surface area contributed by atoms with Crippen molar-refractivity contribution >= 4 is 33.3 Å². The summed E-state index contributed by atoms with van der Waals surface area (Å²) in [6.45, 7) is 9.79. The highest BCUT2D eigenvalue weighted by atomic mass is 32.1. The lowest BCUT2D eigenvalue weighted by Crippen LogP contribution is -2.27. The van der Waals surface area contributed by atoms with E-state index in [1.807, 2.05) is 0 Å². The number of anilines is 1. The largest absolute Gasteiger partial charge is 0.369 e. The van der Waals surface area contributed by atoms with Gasteiger partial charge in [-0.25, -0.2) is 9.97 Å². The van der Waals surface area contributed by atoms with Gasteiger partial charge in [-0.2, -0.15) is 0 Å². The number of fused-ring (bicyclic) bond motifs is 1. The summed E-state index contributed by atoms with van der Waals surface area (Å²) in [6.07, 6.45) is 3.01. The van der Waals surface area contributed by atoms with Crippen LogP contribution in [0.1, 0.15) is 37.1 Å². The molecule has 0 aliphatic carbocycles. The number of benzene rings is 1. The van der Waals surface area contributed by atoms with Crippen LogP contribution in [-0.4, -0.2) is 29.0 Å². The maximum Gasteiger partial charge on any atom is 0.221 e. The highest BCUT2D eigenvalue weighted by molar-refractivity contribution is 7.19. The summed E-state index contributed by atoms with van der Waals surface area (Å²) < 4.78 is 0. The lowest BCUT2D eigenvalue weighted by Gasteiger charge is -2.10. The van der Waals surface area contributed by atoms with Gasteiger partial charge in [-0.05, 0) is 31.7 Å². The number of carbonyl (C=O) groups is 1. The molecule has 0 atom stereocenters. The first-order chi connectivity index (χ1) is 13.5. The second-order valence-corrected chi connectivity index (χ2v) is 8.71. The second-order valence-electron chi connectivity index (χ2n) is 7.51. The van der Waals surface area contributed by atoms with Gasteiger partial charge in [0.1, 0.15) is 17.0 Å². The highest BCUT2D eigenvalue weighted by Gasteiger charge is 2.16. The van der Waals surface area contributed by atoms with Crippen LogP contribution < -0.4 is 10.6 Å². The molecule has 6 heteroatoms. The van der Waals surface area contributed by atoms with Crippen LogP contribution in [0, 0.1) is 19.8 Å². The van der Waals surface area contributed by atoms with Crippen LogP contribution in [0.3, 0.4) is 0 Å². The van der Waals surface area contributed by atoms with Crippen LogP contribution in [0.15, 0.2) is 30.6 Å². The Morgan fingerprint density at radius 2 is 1.86 bits per heavy atom. The number of thiophene rings is 1. The number of aryl methyl sites for hydroxylation is 2. The molecule has 3 rings (SSSR count). The SMILES string of the molecule is Cc1ccc(-c2c(C)sc3ncnc(NCCC(=O)NCCC(C)C)c23)cc1. The standard InChI is InChI=1S/C22H28N4OS/c1-14(2)9-11-23-18(27)10-12-24-21-20-19(17-7-5-15(3)6-8-17)16(4)28-22(20)26-13-25-21/h5-8,13-14H,9-12H2,1-4H3,(H,23,27)(H,24,25,26). The molecule has 0 unspecified atom stereocenters. The number of hydrogen-bond acceptors (Lipinski definition) is 5. The minimum absolute atomic E-state index is 0.0682. The Bertz CT molecular complexity index is 947. The van der Waals surface area contributed by atoms with E-state index in [1.165, 1.54) is 21.6 Å². The summed E-state index contributed by atoms with van der Waals surface area (Å²) >= 11 is 1.68. The third kappa shape index (κ3) is 4.87. The lowest BCUT2D eigenvalue weighted by atomic mass is 10.0. The number of nitrogens with one attached hydrogen (secondary N) is 2. The fraction of sp³-hybridized carbons (Fsp3) is 0.409. The van der Waals surface area contributed by atoms with E-state index in [0.29, 0.717) is 18.9 Å². The van der Waals surface area contributed by atoms with E-state index in [4.69, 9.17) is 0 Å². The van der Waals surface area contributed by atoms with Gasteiger partial charge in [0.25, 0.3) is 0 Å². The van der Waals surface area contributed by atoms with E-state index in [-0.39, 0.29) is 5.91 Å². The number of hydrogen-bond donors (Lipinski definition) is 2. The van der Waals surface area contributed by atoms with Crippen molar-refractivity contribution in [3.63, 3.8) is 0 Å². The molecule has 5 nitrogen and oxygen atoms in total. The molecular weight excluding hydrogens is 368 g/mol. The van der Waals surface area contributed by atoms with Crippen molar-refractivity contribution in [2.75, 3.05) is 18.4 Å². The monoisotopic (exact) mass is 396 g/mol. The van der Waals surface area contributed by atoms with Crippen molar-refractivity contribution in [3.05, 3.63) is 41.0 Å². The third-order valence-electron chi connectivity index (χ3n) is 4.69. The average Bonchev–Trinajstić information content (AvgIpc) is 2.99. The predicted octanol–water partition coefficient (Wildman–Crippen LogP) is 4.94. The van der Waals surface area contributed by atoms with E-state index < -0.39 is 0 Å². The van der Waals surface area contributed by atoms with Gasteiger partial charge in [0.05, 0.1) is 5.39 Å². The molecule has 0 aliphatic heterocycles. The quantitative estimate of drug-likeness (QED) is 0.566. The molecule has 0 aliphatic rings. The summed E-state index contributed by atoms with van der Waals surface area (Å²) in [5.74, 6) is 1.45. The van der Waals surface area contributed by atoms with Crippen LogP contribution in [0.5, 0.6) is 0 Å². The van der Waals surface area contributed by atoms with Gasteiger partial charge in [-0.15, -0.1) is 11.3 Å². The van der Waals surface area contributed by atoms with Crippen molar-refractivity contribution in [2.24, 2.45) is 5.92 Å². The zero-order chi connectivity index (χ0) is 20.1. The van der Waals surface area contributed by atoms with Crippen LogP contribution in [0.25, 0.3) is 21.3 Å². The molecule has 1 amide bonds. The molecular formula is C22H28N4OS. The number of carbonyl (C=O) groups excluding carboxylic acids is 1. The van der Waals surface area contributed by atoms with E-state index in [9.17, 15) is 4.79 Å². The first-order valence-electron chi connectivity index (χ1n) is 9.77. The maximum absolute atomic E-state index is 12.0. The van der Waals surface area contributed by atoms with Crippen molar-refractivity contribution in [1.29, 1.82) is 0 Å². The van der Waals surface area contributed by atoms with Gasteiger partial charge in [-0.1, -0.05) is 43.7 Å². The van der Waals surface area contributed by atoms with Crippen molar-refractivity contribution in [3.8, 4) is 11.1 Å². The molecule has 1 aromatic carbocycles. The molecule has 148 valence electrons. The van der Waals surface area contributed by atoms with Gasteiger partial charge in [0.15, 0.2) is 0 Å². The molecule has 0 bridgehead atoms. The molecule has 2 heterocycles. The molecule has 2 N–H and O–H groups in total. The first kappa shape index (κ1) is 20.3.